The summed E-state index contributed by atoms with van der Waals surface area (Å²) in [5, 5.41) is 10.1. The normalized spacial score (nSPS) is 10.3. The molecule has 0 heterocycles. The third-order valence-electron chi connectivity index (χ3n) is 4.48. The van der Waals surface area contributed by atoms with Crippen LogP contribution in [0.15, 0.2) is 71.6 Å². The summed E-state index contributed by atoms with van der Waals surface area (Å²) >= 11 is 12.8. The molecule has 0 bridgehead atoms. The zero-order chi connectivity index (χ0) is 23.1. The fourth-order valence-corrected chi connectivity index (χ4v) is 3.97. The number of amides is 1. The van der Waals surface area contributed by atoms with Gasteiger partial charge in [0.15, 0.2) is 10.9 Å². The van der Waals surface area contributed by atoms with Crippen molar-refractivity contribution in [2.45, 2.75) is 18.7 Å². The largest absolute Gasteiger partial charge is 0.332 e. The summed E-state index contributed by atoms with van der Waals surface area (Å²) in [4.78, 5) is 24.6. The van der Waals surface area contributed by atoms with Crippen LogP contribution in [-0.4, -0.2) is 22.6 Å². The highest BCUT2D eigenvalue weighted by atomic mass is 35.5. The minimum absolute atomic E-state index is 0.0166. The molecule has 0 saturated heterocycles. The van der Waals surface area contributed by atoms with E-state index in [1.807, 2.05) is 37.3 Å². The van der Waals surface area contributed by atoms with Gasteiger partial charge in [0, 0.05) is 32.5 Å². The van der Waals surface area contributed by atoms with Gasteiger partial charge in [-0.25, -0.2) is 0 Å². The highest BCUT2D eigenvalue weighted by Gasteiger charge is 2.08. The smallest absolute Gasteiger partial charge is 0.234 e. The molecule has 0 atom stereocenters. The molecule has 3 aromatic rings. The second-order valence-corrected chi connectivity index (χ2v) is 8.93. The van der Waals surface area contributed by atoms with Crippen molar-refractivity contribution in [2.24, 2.45) is 0 Å². The molecule has 0 fully saturated rings. The molecule has 0 aromatic heterocycles. The molecular formula is C24H22ClN3O2S2. The van der Waals surface area contributed by atoms with Crippen LogP contribution in [0.3, 0.4) is 0 Å². The van der Waals surface area contributed by atoms with E-state index >= 15 is 0 Å². The first-order valence-corrected chi connectivity index (χ1v) is 11.6. The second kappa shape index (κ2) is 11.1. The summed E-state index contributed by atoms with van der Waals surface area (Å²) in [6.07, 6.45) is 0. The predicted molar refractivity (Wildman–Crippen MR) is 138 cm³/mol. The molecular weight excluding hydrogens is 462 g/mol. The Morgan fingerprint density at radius 2 is 1.66 bits per heavy atom. The van der Waals surface area contributed by atoms with Crippen molar-refractivity contribution in [1.82, 2.24) is 0 Å². The van der Waals surface area contributed by atoms with E-state index in [-0.39, 0.29) is 17.4 Å². The first-order valence-electron chi connectivity index (χ1n) is 9.78. The summed E-state index contributed by atoms with van der Waals surface area (Å²) in [7, 11) is 0. The molecule has 164 valence electrons. The number of halogens is 1. The van der Waals surface area contributed by atoms with Crippen molar-refractivity contribution in [3.05, 3.63) is 82.9 Å². The van der Waals surface area contributed by atoms with E-state index < -0.39 is 0 Å². The van der Waals surface area contributed by atoms with Gasteiger partial charge in [-0.2, -0.15) is 0 Å². The van der Waals surface area contributed by atoms with E-state index in [0.717, 1.165) is 21.8 Å². The Labute approximate surface area is 201 Å². The van der Waals surface area contributed by atoms with Crippen LogP contribution in [-0.2, 0) is 4.79 Å². The Bertz CT molecular complexity index is 1150. The Kier molecular flexibility index (Phi) is 8.27. The van der Waals surface area contributed by atoms with Gasteiger partial charge in [-0.3, -0.25) is 9.59 Å². The van der Waals surface area contributed by atoms with Gasteiger partial charge in [0.05, 0.1) is 5.75 Å². The molecule has 5 nitrogen and oxygen atoms in total. The third kappa shape index (κ3) is 7.09. The van der Waals surface area contributed by atoms with Gasteiger partial charge in [-0.1, -0.05) is 23.7 Å². The molecule has 0 aliphatic rings. The lowest BCUT2D eigenvalue weighted by molar-refractivity contribution is -0.113. The summed E-state index contributed by atoms with van der Waals surface area (Å²) in [5.74, 6) is 0.175. The Morgan fingerprint density at radius 3 is 2.38 bits per heavy atom. The minimum Gasteiger partial charge on any atom is -0.332 e. The number of hydrogen-bond donors (Lipinski definition) is 3. The van der Waals surface area contributed by atoms with E-state index in [1.165, 1.54) is 18.7 Å². The standard InChI is InChI=1S/C24H22ClN3O2S2/c1-15-6-9-18(25)12-22(15)28-23(30)14-32-21-5-3-4-20(13-21)27-24(31)26-19-10-7-17(8-11-19)16(2)29/h3-13H,14H2,1-2H3,(H,28,30)(H2,26,27,31). The van der Waals surface area contributed by atoms with Gasteiger partial charge in [0.1, 0.15) is 0 Å². The van der Waals surface area contributed by atoms with Crippen LogP contribution in [0.2, 0.25) is 5.02 Å². The fraction of sp³-hybridized carbons (Fsp3) is 0.125. The number of Topliss-reactive ketones (excluding diaryl/α,β-unsaturated/α-hetero) is 1. The maximum Gasteiger partial charge on any atom is 0.234 e. The average Bonchev–Trinajstić information content (AvgIpc) is 2.75. The van der Waals surface area contributed by atoms with Crippen molar-refractivity contribution >= 4 is 69.4 Å². The number of nitrogens with one attached hydrogen (secondary N) is 3. The summed E-state index contributed by atoms with van der Waals surface area (Å²) < 4.78 is 0. The number of rotatable bonds is 7. The first kappa shape index (κ1) is 23.8. The number of ketones is 1. The molecule has 1 amide bonds. The average molecular weight is 484 g/mol. The molecule has 0 unspecified atom stereocenters. The van der Waals surface area contributed by atoms with E-state index in [9.17, 15) is 9.59 Å². The lowest BCUT2D eigenvalue weighted by Gasteiger charge is -2.12. The monoisotopic (exact) mass is 483 g/mol. The molecule has 3 rings (SSSR count). The van der Waals surface area contributed by atoms with E-state index in [0.29, 0.717) is 21.4 Å². The molecule has 32 heavy (non-hydrogen) atoms. The van der Waals surface area contributed by atoms with E-state index in [2.05, 4.69) is 16.0 Å². The summed E-state index contributed by atoms with van der Waals surface area (Å²) in [6.45, 7) is 3.45. The SMILES string of the molecule is CC(=O)c1ccc(NC(=S)Nc2cccc(SCC(=O)Nc3cc(Cl)ccc3C)c2)cc1. The van der Waals surface area contributed by atoms with E-state index in [1.54, 1.807) is 36.4 Å². The van der Waals surface area contributed by atoms with Crippen molar-refractivity contribution in [2.75, 3.05) is 21.7 Å². The molecule has 0 radical (unpaired) electrons. The third-order valence-corrected chi connectivity index (χ3v) is 5.92. The van der Waals surface area contributed by atoms with Crippen LogP contribution in [0.1, 0.15) is 22.8 Å². The molecule has 0 saturated carbocycles. The van der Waals surface area contributed by atoms with Gasteiger partial charge in [-0.15, -0.1) is 11.8 Å². The molecule has 0 aliphatic heterocycles. The maximum absolute atomic E-state index is 12.3. The number of aryl methyl sites for hydroxylation is 1. The zero-order valence-electron chi connectivity index (χ0n) is 17.6. The highest BCUT2D eigenvalue weighted by Crippen LogP contribution is 2.24. The van der Waals surface area contributed by atoms with Crippen LogP contribution < -0.4 is 16.0 Å². The highest BCUT2D eigenvalue weighted by molar-refractivity contribution is 8.00. The Morgan fingerprint density at radius 1 is 0.938 bits per heavy atom. The minimum atomic E-state index is -0.107. The molecule has 0 aliphatic carbocycles. The van der Waals surface area contributed by atoms with Crippen molar-refractivity contribution in [1.29, 1.82) is 0 Å². The second-order valence-electron chi connectivity index (χ2n) is 7.04. The number of carbonyl (C=O) groups is 2. The van der Waals surface area contributed by atoms with Crippen molar-refractivity contribution < 1.29 is 9.59 Å². The van der Waals surface area contributed by atoms with Gasteiger partial charge in [-0.05, 0) is 86.2 Å². The predicted octanol–water partition coefficient (Wildman–Crippen LogP) is 6.39. The van der Waals surface area contributed by atoms with Gasteiger partial charge in [0.2, 0.25) is 5.91 Å². The number of benzene rings is 3. The van der Waals surface area contributed by atoms with Crippen molar-refractivity contribution in [3.8, 4) is 0 Å². The summed E-state index contributed by atoms with van der Waals surface area (Å²) in [6, 6.07) is 20.2. The Balaban J connectivity index is 1.53. The number of anilines is 3. The van der Waals surface area contributed by atoms with Gasteiger partial charge in [0.25, 0.3) is 0 Å². The lowest BCUT2D eigenvalue weighted by Crippen LogP contribution is -2.19. The number of carbonyl (C=O) groups excluding carboxylic acids is 2. The summed E-state index contributed by atoms with van der Waals surface area (Å²) in [5.41, 5.74) is 3.90. The van der Waals surface area contributed by atoms with Gasteiger partial charge < -0.3 is 16.0 Å². The number of hydrogen-bond acceptors (Lipinski definition) is 4. The zero-order valence-corrected chi connectivity index (χ0v) is 20.0. The fourth-order valence-electron chi connectivity index (χ4n) is 2.81. The molecule has 0 spiro atoms. The van der Waals surface area contributed by atoms with Crippen LogP contribution in [0.5, 0.6) is 0 Å². The Hall–Kier alpha value is -2.87. The van der Waals surface area contributed by atoms with Crippen LogP contribution in [0.25, 0.3) is 0 Å². The van der Waals surface area contributed by atoms with Crippen molar-refractivity contribution in [3.63, 3.8) is 0 Å². The number of thiocarbonyl (C=S) groups is 1. The molecule has 3 aromatic carbocycles. The van der Waals surface area contributed by atoms with Crippen LogP contribution in [0, 0.1) is 6.92 Å². The first-order chi connectivity index (χ1) is 15.3. The van der Waals surface area contributed by atoms with E-state index in [4.69, 9.17) is 23.8 Å². The van der Waals surface area contributed by atoms with Crippen LogP contribution >= 0.6 is 35.6 Å². The maximum atomic E-state index is 12.3. The quantitative estimate of drug-likeness (QED) is 0.205. The lowest BCUT2D eigenvalue weighted by atomic mass is 10.1. The van der Waals surface area contributed by atoms with Gasteiger partial charge >= 0.3 is 0 Å². The topological polar surface area (TPSA) is 70.2 Å². The molecule has 8 heteroatoms. The molecule has 3 N–H and O–H groups in total. The van der Waals surface area contributed by atoms with Crippen LogP contribution in [0.4, 0.5) is 17.1 Å². The number of thioether (sulfide) groups is 1.